The summed E-state index contributed by atoms with van der Waals surface area (Å²) in [6.45, 7) is 0.494. The molecule has 0 bridgehead atoms. The summed E-state index contributed by atoms with van der Waals surface area (Å²) in [5.41, 5.74) is 10.3. The molecule has 0 saturated carbocycles. The molecule has 6 rings (SSSR count). The first-order valence-electron chi connectivity index (χ1n) is 11.1. The van der Waals surface area contributed by atoms with E-state index in [4.69, 9.17) is 36.3 Å². The van der Waals surface area contributed by atoms with Gasteiger partial charge in [-0.2, -0.15) is 5.26 Å². The zero-order valence-corrected chi connectivity index (χ0v) is 19.6. The lowest BCUT2D eigenvalue weighted by atomic mass is 9.82. The number of aromatic nitrogens is 2. The van der Waals surface area contributed by atoms with Crippen molar-refractivity contribution < 1.29 is 18.9 Å². The molecule has 0 amide bonds. The van der Waals surface area contributed by atoms with Crippen LogP contribution in [0.2, 0.25) is 5.02 Å². The number of ether oxygens (including phenoxy) is 4. The highest BCUT2D eigenvalue weighted by Crippen LogP contribution is 2.48. The molecule has 0 saturated heterocycles. The summed E-state index contributed by atoms with van der Waals surface area (Å²) in [4.78, 5) is 0. The normalized spacial score (nSPS) is 15.7. The molecule has 3 aromatic carbocycles. The van der Waals surface area contributed by atoms with Crippen LogP contribution in [0.5, 0.6) is 23.1 Å². The number of rotatable bonds is 5. The van der Waals surface area contributed by atoms with Gasteiger partial charge in [-0.1, -0.05) is 41.9 Å². The van der Waals surface area contributed by atoms with Crippen molar-refractivity contribution >= 4 is 11.6 Å². The highest BCUT2D eigenvalue weighted by atomic mass is 35.5. The van der Waals surface area contributed by atoms with Crippen LogP contribution in [0, 0.1) is 11.3 Å². The molecule has 3 N–H and O–H groups in total. The number of nitrogens with one attached hydrogen (secondary N) is 1. The molecule has 36 heavy (non-hydrogen) atoms. The fourth-order valence-corrected chi connectivity index (χ4v) is 4.55. The lowest BCUT2D eigenvalue weighted by Crippen LogP contribution is -2.21. The minimum absolute atomic E-state index is 0.00578. The zero-order chi connectivity index (χ0) is 24.6. The third-order valence-corrected chi connectivity index (χ3v) is 6.39. The summed E-state index contributed by atoms with van der Waals surface area (Å²) in [7, 11) is 0. The van der Waals surface area contributed by atoms with E-state index in [-0.39, 0.29) is 18.2 Å². The first-order valence-corrected chi connectivity index (χ1v) is 11.5. The van der Waals surface area contributed by atoms with Crippen molar-refractivity contribution in [1.82, 2.24) is 10.2 Å². The molecule has 2 aliphatic rings. The third-order valence-electron chi connectivity index (χ3n) is 6.14. The topological polar surface area (TPSA) is 115 Å². The predicted octanol–water partition coefficient (Wildman–Crippen LogP) is 5.26. The molecule has 0 aliphatic carbocycles. The number of nitrogens with zero attached hydrogens (tertiary/aromatic N) is 2. The quantitative estimate of drug-likeness (QED) is 0.385. The molecular formula is C27H19ClN4O4. The highest BCUT2D eigenvalue weighted by Gasteiger charge is 2.37. The van der Waals surface area contributed by atoms with E-state index >= 15 is 0 Å². The van der Waals surface area contributed by atoms with E-state index in [0.717, 1.165) is 16.7 Å². The van der Waals surface area contributed by atoms with E-state index < -0.39 is 5.92 Å². The van der Waals surface area contributed by atoms with Crippen molar-refractivity contribution in [2.24, 2.45) is 5.73 Å². The van der Waals surface area contributed by atoms with E-state index in [9.17, 15) is 5.26 Å². The van der Waals surface area contributed by atoms with E-state index in [1.165, 1.54) is 0 Å². The maximum atomic E-state index is 10.1. The van der Waals surface area contributed by atoms with Crippen LogP contribution < -0.4 is 24.7 Å². The lowest BCUT2D eigenvalue weighted by molar-refractivity contribution is 0.174. The second kappa shape index (κ2) is 8.87. The Kier molecular flexibility index (Phi) is 5.40. The summed E-state index contributed by atoms with van der Waals surface area (Å²) in [5, 5.41) is 18.1. The molecule has 8 nitrogen and oxygen atoms in total. The van der Waals surface area contributed by atoms with Gasteiger partial charge >= 0.3 is 0 Å². The smallest absolute Gasteiger partial charge is 0.244 e. The summed E-state index contributed by atoms with van der Waals surface area (Å²) >= 11 is 6.01. The summed E-state index contributed by atoms with van der Waals surface area (Å²) in [6.07, 6.45) is 0. The number of halogens is 1. The van der Waals surface area contributed by atoms with Gasteiger partial charge in [0.15, 0.2) is 11.5 Å². The Morgan fingerprint density at radius 3 is 2.72 bits per heavy atom. The van der Waals surface area contributed by atoms with Crippen molar-refractivity contribution in [3.05, 3.63) is 99.9 Å². The number of hydrogen-bond donors (Lipinski definition) is 2. The number of fused-ring (bicyclic) bond motifs is 2. The Labute approximate surface area is 211 Å². The Bertz CT molecular complexity index is 1540. The fraction of sp³-hybridized carbons (Fsp3) is 0.111. The van der Waals surface area contributed by atoms with Gasteiger partial charge in [-0.05, 0) is 42.0 Å². The average Bonchev–Trinajstić information content (AvgIpc) is 3.54. The molecule has 4 aromatic rings. The molecule has 1 aromatic heterocycles. The van der Waals surface area contributed by atoms with Gasteiger partial charge in [0.2, 0.25) is 18.6 Å². The Hall–Kier alpha value is -4.61. The number of nitriles is 1. The Balaban J connectivity index is 1.44. The highest BCUT2D eigenvalue weighted by molar-refractivity contribution is 6.30. The number of H-pyrrole nitrogens is 1. The van der Waals surface area contributed by atoms with Crippen molar-refractivity contribution in [3.63, 3.8) is 0 Å². The second-order valence-electron chi connectivity index (χ2n) is 8.26. The van der Waals surface area contributed by atoms with Gasteiger partial charge in [-0.25, -0.2) is 0 Å². The van der Waals surface area contributed by atoms with Crippen molar-refractivity contribution in [3.8, 4) is 40.5 Å². The molecule has 3 heterocycles. The summed E-state index contributed by atoms with van der Waals surface area (Å²) in [6, 6.07) is 22.8. The monoisotopic (exact) mass is 498 g/mol. The van der Waals surface area contributed by atoms with Gasteiger partial charge in [-0.3, -0.25) is 5.10 Å². The SMILES string of the molecule is N#CC1=C(N)Oc2n[nH]c(-c3ccc4c(c3)OCO4)c2C1c1ccccc1OCc1ccc(Cl)cc1. The number of para-hydroxylation sites is 1. The number of hydrogen-bond acceptors (Lipinski definition) is 7. The van der Waals surface area contributed by atoms with E-state index in [1.54, 1.807) is 0 Å². The number of nitrogens with two attached hydrogens (primary N) is 1. The average molecular weight is 499 g/mol. The first-order chi connectivity index (χ1) is 17.6. The second-order valence-corrected chi connectivity index (χ2v) is 8.70. The standard InChI is InChI=1S/C27H19ClN4O4/c28-17-8-5-15(6-9-17)13-33-20-4-2-1-3-18(20)23-19(12-29)26(30)36-27-24(23)25(31-32-27)16-7-10-21-22(11-16)35-14-34-21/h1-11,23H,13-14,30H2,(H,31,32). The maximum Gasteiger partial charge on any atom is 0.244 e. The molecule has 9 heteroatoms. The van der Waals surface area contributed by atoms with Crippen LogP contribution in [0.3, 0.4) is 0 Å². The molecule has 0 fully saturated rings. The first kappa shape index (κ1) is 21.9. The van der Waals surface area contributed by atoms with E-state index in [1.807, 2.05) is 66.7 Å². The number of allylic oxidation sites excluding steroid dienone is 1. The van der Waals surface area contributed by atoms with E-state index in [2.05, 4.69) is 16.3 Å². The summed E-state index contributed by atoms with van der Waals surface area (Å²) in [5.74, 6) is 1.65. The fourth-order valence-electron chi connectivity index (χ4n) is 4.42. The zero-order valence-electron chi connectivity index (χ0n) is 18.8. The third kappa shape index (κ3) is 3.76. The Morgan fingerprint density at radius 2 is 1.89 bits per heavy atom. The van der Waals surface area contributed by atoms with Crippen molar-refractivity contribution in [2.45, 2.75) is 12.5 Å². The molecule has 1 atom stereocenters. The van der Waals surface area contributed by atoms with Crippen LogP contribution in [0.25, 0.3) is 11.3 Å². The van der Waals surface area contributed by atoms with Gasteiger partial charge < -0.3 is 24.7 Å². The van der Waals surface area contributed by atoms with Gasteiger partial charge in [0.05, 0.1) is 17.2 Å². The molecule has 0 spiro atoms. The van der Waals surface area contributed by atoms with Gasteiger partial charge in [0.1, 0.15) is 24.0 Å². The molecule has 178 valence electrons. The van der Waals surface area contributed by atoms with Gasteiger partial charge in [0, 0.05) is 16.1 Å². The van der Waals surface area contributed by atoms with Crippen LogP contribution >= 0.6 is 11.6 Å². The van der Waals surface area contributed by atoms with Crippen LogP contribution in [-0.4, -0.2) is 17.0 Å². The molecule has 1 unspecified atom stereocenters. The molecular weight excluding hydrogens is 480 g/mol. The number of aromatic amines is 1. The van der Waals surface area contributed by atoms with Crippen LogP contribution in [0.4, 0.5) is 0 Å². The van der Waals surface area contributed by atoms with Crippen LogP contribution in [0.1, 0.15) is 22.6 Å². The van der Waals surface area contributed by atoms with Crippen molar-refractivity contribution in [2.75, 3.05) is 6.79 Å². The van der Waals surface area contributed by atoms with Crippen molar-refractivity contribution in [1.29, 1.82) is 5.26 Å². The van der Waals surface area contributed by atoms with Gasteiger partial charge in [0.25, 0.3) is 0 Å². The number of benzene rings is 3. The minimum Gasteiger partial charge on any atom is -0.489 e. The lowest BCUT2D eigenvalue weighted by Gasteiger charge is -2.25. The maximum absolute atomic E-state index is 10.1. The summed E-state index contributed by atoms with van der Waals surface area (Å²) < 4.78 is 23.0. The van der Waals surface area contributed by atoms with Gasteiger partial charge in [-0.15, -0.1) is 5.10 Å². The Morgan fingerprint density at radius 1 is 1.08 bits per heavy atom. The van der Waals surface area contributed by atoms with Crippen LogP contribution in [0.15, 0.2) is 78.2 Å². The molecule has 2 aliphatic heterocycles. The molecule has 0 radical (unpaired) electrons. The van der Waals surface area contributed by atoms with E-state index in [0.29, 0.717) is 46.0 Å². The minimum atomic E-state index is -0.570. The predicted molar refractivity (Wildman–Crippen MR) is 132 cm³/mol. The van der Waals surface area contributed by atoms with Crippen LogP contribution in [-0.2, 0) is 6.61 Å². The largest absolute Gasteiger partial charge is 0.489 e.